The summed E-state index contributed by atoms with van der Waals surface area (Å²) in [7, 11) is 0. The number of carbonyl (C=O) groups is 2. The van der Waals surface area contributed by atoms with Crippen LogP contribution in [0.4, 0.5) is 4.39 Å². The molecule has 0 saturated carbocycles. The van der Waals surface area contributed by atoms with Gasteiger partial charge in [-0.1, -0.05) is 6.07 Å². The molecule has 0 spiro atoms. The monoisotopic (exact) mass is 384 g/mol. The Bertz CT molecular complexity index is 662. The Balaban J connectivity index is 1.69. The Kier molecular flexibility index (Phi) is 6.09. The molecule has 0 saturated heterocycles. The summed E-state index contributed by atoms with van der Waals surface area (Å²) in [6.45, 7) is 0.868. The maximum atomic E-state index is 13.3. The second-order valence-corrected chi connectivity index (χ2v) is 6.27. The number of amides is 2. The van der Waals surface area contributed by atoms with E-state index in [0.29, 0.717) is 28.9 Å². The molecule has 1 aromatic carbocycles. The third kappa shape index (κ3) is 4.64. The van der Waals surface area contributed by atoms with E-state index >= 15 is 0 Å². The van der Waals surface area contributed by atoms with Gasteiger partial charge in [-0.25, -0.2) is 4.39 Å². The van der Waals surface area contributed by atoms with Crippen molar-refractivity contribution < 1.29 is 14.0 Å². The largest absolute Gasteiger partial charge is 0.352 e. The molecule has 22 heavy (non-hydrogen) atoms. The SMILES string of the molecule is O=C(NCCCNC(=O)c1cccs1)c1ccc(Br)c(F)c1. The third-order valence-corrected chi connectivity index (χ3v) is 4.36. The van der Waals surface area contributed by atoms with E-state index in [1.807, 2.05) is 11.4 Å². The van der Waals surface area contributed by atoms with E-state index in [0.717, 1.165) is 0 Å². The number of thiophene rings is 1. The molecule has 0 atom stereocenters. The molecule has 0 bridgehead atoms. The van der Waals surface area contributed by atoms with E-state index in [2.05, 4.69) is 26.6 Å². The number of halogens is 2. The van der Waals surface area contributed by atoms with Gasteiger partial charge in [-0.3, -0.25) is 9.59 Å². The summed E-state index contributed by atoms with van der Waals surface area (Å²) >= 11 is 4.41. The van der Waals surface area contributed by atoms with Crippen molar-refractivity contribution in [1.29, 1.82) is 0 Å². The summed E-state index contributed by atoms with van der Waals surface area (Å²) < 4.78 is 13.7. The van der Waals surface area contributed by atoms with Gasteiger partial charge < -0.3 is 10.6 Å². The average molecular weight is 385 g/mol. The fourth-order valence-electron chi connectivity index (χ4n) is 1.73. The lowest BCUT2D eigenvalue weighted by atomic mass is 10.2. The lowest BCUT2D eigenvalue weighted by Crippen LogP contribution is -2.29. The zero-order chi connectivity index (χ0) is 15.9. The van der Waals surface area contributed by atoms with Crippen molar-refractivity contribution in [2.24, 2.45) is 0 Å². The second-order valence-electron chi connectivity index (χ2n) is 4.47. The highest BCUT2D eigenvalue weighted by atomic mass is 79.9. The van der Waals surface area contributed by atoms with Crippen LogP contribution in [0, 0.1) is 5.82 Å². The van der Waals surface area contributed by atoms with Gasteiger partial charge in [0.1, 0.15) is 5.82 Å². The van der Waals surface area contributed by atoms with Gasteiger partial charge in [0, 0.05) is 18.7 Å². The van der Waals surface area contributed by atoms with E-state index in [1.165, 1.54) is 23.5 Å². The Hall–Kier alpha value is -1.73. The Morgan fingerprint density at radius 3 is 2.50 bits per heavy atom. The maximum Gasteiger partial charge on any atom is 0.261 e. The Morgan fingerprint density at radius 1 is 1.14 bits per heavy atom. The van der Waals surface area contributed by atoms with Crippen LogP contribution in [0.15, 0.2) is 40.2 Å². The van der Waals surface area contributed by atoms with E-state index in [1.54, 1.807) is 12.1 Å². The summed E-state index contributed by atoms with van der Waals surface area (Å²) in [5.41, 5.74) is 0.267. The second kappa shape index (κ2) is 8.05. The number of hydrogen-bond acceptors (Lipinski definition) is 3. The van der Waals surface area contributed by atoms with Gasteiger partial charge in [-0.05, 0) is 52.0 Å². The zero-order valence-corrected chi connectivity index (χ0v) is 14.0. The number of rotatable bonds is 6. The molecule has 0 aliphatic carbocycles. The van der Waals surface area contributed by atoms with E-state index < -0.39 is 5.82 Å². The summed E-state index contributed by atoms with van der Waals surface area (Å²) in [6.07, 6.45) is 0.599. The molecule has 0 aliphatic rings. The van der Waals surface area contributed by atoms with Crippen LogP contribution >= 0.6 is 27.3 Å². The van der Waals surface area contributed by atoms with Crippen molar-refractivity contribution in [3.05, 3.63) is 56.4 Å². The molecule has 2 N–H and O–H groups in total. The van der Waals surface area contributed by atoms with Crippen LogP contribution in [-0.4, -0.2) is 24.9 Å². The third-order valence-electron chi connectivity index (χ3n) is 2.85. The first-order valence-electron chi connectivity index (χ1n) is 6.63. The first kappa shape index (κ1) is 16.6. The van der Waals surface area contributed by atoms with E-state index in [9.17, 15) is 14.0 Å². The highest BCUT2D eigenvalue weighted by Gasteiger charge is 2.08. The van der Waals surface area contributed by atoms with Gasteiger partial charge in [0.25, 0.3) is 11.8 Å². The van der Waals surface area contributed by atoms with Crippen LogP contribution < -0.4 is 10.6 Å². The van der Waals surface area contributed by atoms with Crippen LogP contribution in [0.5, 0.6) is 0 Å². The first-order valence-corrected chi connectivity index (χ1v) is 8.30. The molecule has 0 fully saturated rings. The van der Waals surface area contributed by atoms with Crippen LogP contribution in [0.25, 0.3) is 0 Å². The number of carbonyl (C=O) groups excluding carboxylic acids is 2. The van der Waals surface area contributed by atoms with Crippen molar-refractivity contribution in [2.75, 3.05) is 13.1 Å². The van der Waals surface area contributed by atoms with Gasteiger partial charge in [-0.15, -0.1) is 11.3 Å². The van der Waals surface area contributed by atoms with Crippen molar-refractivity contribution in [2.45, 2.75) is 6.42 Å². The fraction of sp³-hybridized carbons (Fsp3) is 0.200. The lowest BCUT2D eigenvalue weighted by molar-refractivity contribution is 0.0952. The van der Waals surface area contributed by atoms with Gasteiger partial charge in [0.15, 0.2) is 0 Å². The van der Waals surface area contributed by atoms with Gasteiger partial charge in [0.2, 0.25) is 0 Å². The topological polar surface area (TPSA) is 58.2 Å². The summed E-state index contributed by atoms with van der Waals surface area (Å²) in [5, 5.41) is 7.29. The minimum absolute atomic E-state index is 0.115. The minimum Gasteiger partial charge on any atom is -0.352 e. The van der Waals surface area contributed by atoms with Crippen LogP contribution in [0.2, 0.25) is 0 Å². The van der Waals surface area contributed by atoms with E-state index in [4.69, 9.17) is 0 Å². The average Bonchev–Trinajstić information content (AvgIpc) is 3.03. The molecule has 2 rings (SSSR count). The van der Waals surface area contributed by atoms with E-state index in [-0.39, 0.29) is 17.4 Å². The number of hydrogen-bond donors (Lipinski definition) is 2. The first-order chi connectivity index (χ1) is 10.6. The molecule has 0 radical (unpaired) electrons. The molecule has 7 heteroatoms. The zero-order valence-electron chi connectivity index (χ0n) is 11.6. The van der Waals surface area contributed by atoms with Crippen molar-refractivity contribution in [1.82, 2.24) is 10.6 Å². The molecule has 0 aliphatic heterocycles. The molecule has 4 nitrogen and oxygen atoms in total. The predicted molar refractivity (Wildman–Crippen MR) is 87.7 cm³/mol. The Labute approximate surface area is 139 Å². The minimum atomic E-state index is -0.476. The highest BCUT2D eigenvalue weighted by molar-refractivity contribution is 9.10. The molecule has 1 aromatic heterocycles. The molecule has 116 valence electrons. The van der Waals surface area contributed by atoms with Crippen molar-refractivity contribution in [3.63, 3.8) is 0 Å². The van der Waals surface area contributed by atoms with Gasteiger partial charge in [-0.2, -0.15) is 0 Å². The van der Waals surface area contributed by atoms with Gasteiger partial charge in [0.05, 0.1) is 9.35 Å². The quantitative estimate of drug-likeness (QED) is 0.751. The summed E-state index contributed by atoms with van der Waals surface area (Å²) in [4.78, 5) is 24.1. The summed E-state index contributed by atoms with van der Waals surface area (Å²) in [5.74, 6) is -0.928. The molecule has 0 unspecified atom stereocenters. The Morgan fingerprint density at radius 2 is 1.86 bits per heavy atom. The fourth-order valence-corrected chi connectivity index (χ4v) is 2.61. The molecular formula is C15H14BrFN2O2S. The van der Waals surface area contributed by atoms with Crippen LogP contribution in [0.3, 0.4) is 0 Å². The predicted octanol–water partition coefficient (Wildman–Crippen LogP) is 3.20. The molecule has 2 aromatic rings. The van der Waals surface area contributed by atoms with Crippen molar-refractivity contribution in [3.8, 4) is 0 Å². The van der Waals surface area contributed by atoms with Gasteiger partial charge >= 0.3 is 0 Å². The highest BCUT2D eigenvalue weighted by Crippen LogP contribution is 2.16. The molecule has 1 heterocycles. The summed E-state index contributed by atoms with van der Waals surface area (Å²) in [6, 6.07) is 7.78. The molecular weight excluding hydrogens is 371 g/mol. The normalized spacial score (nSPS) is 10.3. The standard InChI is InChI=1S/C15H14BrFN2O2S/c16-11-5-4-10(9-12(11)17)14(20)18-6-2-7-19-15(21)13-3-1-8-22-13/h1,3-5,8-9H,2,6-7H2,(H,18,20)(H,19,21). The number of nitrogens with one attached hydrogen (secondary N) is 2. The number of benzene rings is 1. The maximum absolute atomic E-state index is 13.3. The smallest absolute Gasteiger partial charge is 0.261 e. The van der Waals surface area contributed by atoms with Crippen LogP contribution in [-0.2, 0) is 0 Å². The van der Waals surface area contributed by atoms with Crippen molar-refractivity contribution >= 4 is 39.1 Å². The lowest BCUT2D eigenvalue weighted by Gasteiger charge is -2.07. The molecule has 2 amide bonds. The van der Waals surface area contributed by atoms with Crippen LogP contribution in [0.1, 0.15) is 26.5 Å².